The zero-order valence-corrected chi connectivity index (χ0v) is 15.3. The van der Waals surface area contributed by atoms with Gasteiger partial charge in [-0.3, -0.25) is 9.59 Å². The number of rotatable bonds is 7. The summed E-state index contributed by atoms with van der Waals surface area (Å²) in [7, 11) is 0. The first kappa shape index (κ1) is 19.2. The van der Waals surface area contributed by atoms with Crippen LogP contribution in [0.15, 0.2) is 24.4 Å². The van der Waals surface area contributed by atoms with Crippen molar-refractivity contribution in [3.63, 3.8) is 0 Å². The molecule has 0 radical (unpaired) electrons. The number of hydrogen-bond donors (Lipinski definition) is 4. The summed E-state index contributed by atoms with van der Waals surface area (Å²) in [5.41, 5.74) is 13.8. The molecule has 1 aromatic heterocycles. The molecule has 138 valence electrons. The zero-order valence-electron chi connectivity index (χ0n) is 15.3. The highest BCUT2D eigenvalue weighted by Gasteiger charge is 2.19. The summed E-state index contributed by atoms with van der Waals surface area (Å²) >= 11 is 0. The van der Waals surface area contributed by atoms with Crippen molar-refractivity contribution < 1.29 is 9.59 Å². The van der Waals surface area contributed by atoms with Crippen LogP contribution in [0.4, 0.5) is 17.3 Å². The SMILES string of the molecule is Cc1ccc(Nc2nc(NC(C)C(C)C(N)=O)cnc2C(N)=O)cc1C. The van der Waals surface area contributed by atoms with Gasteiger partial charge in [0, 0.05) is 11.7 Å². The number of aromatic nitrogens is 2. The van der Waals surface area contributed by atoms with Gasteiger partial charge in [-0.25, -0.2) is 9.97 Å². The number of carbonyl (C=O) groups is 2. The summed E-state index contributed by atoms with van der Waals surface area (Å²) in [5.74, 6) is -0.857. The van der Waals surface area contributed by atoms with Crippen LogP contribution in [-0.2, 0) is 4.79 Å². The standard InChI is InChI=1S/C18H24N6O2/c1-9-5-6-13(7-10(9)2)23-18-15(17(20)26)21-8-14(24-18)22-12(4)11(3)16(19)25/h5-8,11-12H,1-4H3,(H2,19,25)(H2,20,26)(H2,22,23,24). The molecule has 2 unspecified atom stereocenters. The normalized spacial score (nSPS) is 12.9. The van der Waals surface area contributed by atoms with Gasteiger partial charge < -0.3 is 22.1 Å². The Morgan fingerprint density at radius 2 is 1.81 bits per heavy atom. The molecule has 2 amide bonds. The van der Waals surface area contributed by atoms with Crippen molar-refractivity contribution in [2.45, 2.75) is 33.7 Å². The first-order valence-electron chi connectivity index (χ1n) is 8.26. The molecule has 0 aliphatic carbocycles. The smallest absolute Gasteiger partial charge is 0.271 e. The quantitative estimate of drug-likeness (QED) is 0.598. The Balaban J connectivity index is 2.31. The van der Waals surface area contributed by atoms with E-state index in [2.05, 4.69) is 20.6 Å². The van der Waals surface area contributed by atoms with Gasteiger partial charge in [0.15, 0.2) is 11.5 Å². The van der Waals surface area contributed by atoms with Crippen molar-refractivity contribution in [1.29, 1.82) is 0 Å². The maximum Gasteiger partial charge on any atom is 0.271 e. The molecular formula is C18H24N6O2. The van der Waals surface area contributed by atoms with Crippen LogP contribution in [-0.4, -0.2) is 27.8 Å². The van der Waals surface area contributed by atoms with Crippen LogP contribution in [0.1, 0.15) is 35.5 Å². The molecule has 0 fully saturated rings. The first-order valence-corrected chi connectivity index (χ1v) is 8.26. The van der Waals surface area contributed by atoms with Crippen LogP contribution < -0.4 is 22.1 Å². The van der Waals surface area contributed by atoms with E-state index in [1.54, 1.807) is 6.92 Å². The molecule has 2 rings (SSSR count). The van der Waals surface area contributed by atoms with Crippen LogP contribution in [0.25, 0.3) is 0 Å². The number of nitrogens with two attached hydrogens (primary N) is 2. The summed E-state index contributed by atoms with van der Waals surface area (Å²) in [4.78, 5) is 31.5. The van der Waals surface area contributed by atoms with E-state index in [9.17, 15) is 9.59 Å². The highest BCUT2D eigenvalue weighted by Crippen LogP contribution is 2.22. The zero-order chi connectivity index (χ0) is 19.4. The van der Waals surface area contributed by atoms with Crippen LogP contribution >= 0.6 is 0 Å². The van der Waals surface area contributed by atoms with Gasteiger partial charge in [-0.1, -0.05) is 13.0 Å². The predicted molar refractivity (Wildman–Crippen MR) is 101 cm³/mol. The van der Waals surface area contributed by atoms with E-state index in [4.69, 9.17) is 11.5 Å². The molecule has 0 saturated heterocycles. The Kier molecular flexibility index (Phi) is 5.76. The summed E-state index contributed by atoms with van der Waals surface area (Å²) in [6.45, 7) is 7.54. The molecule has 0 spiro atoms. The Bertz CT molecular complexity index is 836. The molecular weight excluding hydrogens is 332 g/mol. The van der Waals surface area contributed by atoms with Crippen LogP contribution in [0, 0.1) is 19.8 Å². The number of amides is 2. The van der Waals surface area contributed by atoms with Crippen molar-refractivity contribution in [1.82, 2.24) is 9.97 Å². The molecule has 0 aliphatic rings. The minimum Gasteiger partial charge on any atom is -0.369 e. The lowest BCUT2D eigenvalue weighted by Gasteiger charge is -2.19. The molecule has 0 aliphatic heterocycles. The fraction of sp³-hybridized carbons (Fsp3) is 0.333. The molecule has 1 heterocycles. The van der Waals surface area contributed by atoms with Crippen LogP contribution in [0.2, 0.25) is 0 Å². The number of carbonyl (C=O) groups excluding carboxylic acids is 2. The minimum atomic E-state index is -0.686. The lowest BCUT2D eigenvalue weighted by Crippen LogP contribution is -2.34. The van der Waals surface area contributed by atoms with E-state index >= 15 is 0 Å². The van der Waals surface area contributed by atoms with Gasteiger partial charge in [-0.05, 0) is 44.0 Å². The Morgan fingerprint density at radius 3 is 2.38 bits per heavy atom. The summed E-state index contributed by atoms with van der Waals surface area (Å²) in [6, 6.07) is 5.54. The van der Waals surface area contributed by atoms with Gasteiger partial charge in [0.2, 0.25) is 5.91 Å². The molecule has 0 bridgehead atoms. The van der Waals surface area contributed by atoms with Gasteiger partial charge in [0.05, 0.1) is 12.1 Å². The molecule has 2 aromatic rings. The van der Waals surface area contributed by atoms with Crippen molar-refractivity contribution in [3.05, 3.63) is 41.2 Å². The maximum atomic E-state index is 11.7. The Morgan fingerprint density at radius 1 is 1.12 bits per heavy atom. The van der Waals surface area contributed by atoms with E-state index in [1.807, 2.05) is 39.0 Å². The molecule has 8 nitrogen and oxygen atoms in total. The maximum absolute atomic E-state index is 11.7. The third-order valence-electron chi connectivity index (χ3n) is 4.35. The molecule has 1 aromatic carbocycles. The minimum absolute atomic E-state index is 0.0318. The number of hydrogen-bond acceptors (Lipinski definition) is 6. The Labute approximate surface area is 152 Å². The second-order valence-electron chi connectivity index (χ2n) is 6.36. The van der Waals surface area contributed by atoms with E-state index in [1.165, 1.54) is 6.20 Å². The summed E-state index contributed by atoms with van der Waals surface area (Å²) in [6.07, 6.45) is 1.40. The number of nitrogens with one attached hydrogen (secondary N) is 2. The van der Waals surface area contributed by atoms with Crippen LogP contribution in [0.3, 0.4) is 0 Å². The average Bonchev–Trinajstić information content (AvgIpc) is 2.57. The fourth-order valence-corrected chi connectivity index (χ4v) is 2.29. The van der Waals surface area contributed by atoms with Crippen LogP contribution in [0.5, 0.6) is 0 Å². The topological polar surface area (TPSA) is 136 Å². The van der Waals surface area contributed by atoms with Gasteiger partial charge in [0.25, 0.3) is 5.91 Å². The van der Waals surface area contributed by atoms with Crippen molar-refractivity contribution in [3.8, 4) is 0 Å². The van der Waals surface area contributed by atoms with E-state index in [-0.39, 0.29) is 17.6 Å². The molecule has 8 heteroatoms. The van der Waals surface area contributed by atoms with Gasteiger partial charge in [0.1, 0.15) is 5.82 Å². The third kappa shape index (κ3) is 4.47. The predicted octanol–water partition coefficient (Wildman–Crippen LogP) is 1.86. The monoisotopic (exact) mass is 356 g/mol. The van der Waals surface area contributed by atoms with E-state index in [0.717, 1.165) is 16.8 Å². The second kappa shape index (κ2) is 7.81. The number of primary amides is 2. The lowest BCUT2D eigenvalue weighted by atomic mass is 10.0. The van der Waals surface area contributed by atoms with Crippen molar-refractivity contribution in [2.24, 2.45) is 17.4 Å². The van der Waals surface area contributed by atoms with E-state index < -0.39 is 17.7 Å². The van der Waals surface area contributed by atoms with Gasteiger partial charge in [-0.15, -0.1) is 0 Å². The van der Waals surface area contributed by atoms with Crippen molar-refractivity contribution in [2.75, 3.05) is 10.6 Å². The van der Waals surface area contributed by atoms with E-state index in [0.29, 0.717) is 5.82 Å². The number of benzene rings is 1. The molecule has 0 saturated carbocycles. The number of anilines is 3. The van der Waals surface area contributed by atoms with Gasteiger partial charge >= 0.3 is 0 Å². The Hall–Kier alpha value is -3.16. The first-order chi connectivity index (χ1) is 12.2. The number of aryl methyl sites for hydroxylation is 2. The summed E-state index contributed by atoms with van der Waals surface area (Å²) < 4.78 is 0. The molecule has 26 heavy (non-hydrogen) atoms. The molecule has 6 N–H and O–H groups in total. The average molecular weight is 356 g/mol. The summed E-state index contributed by atoms with van der Waals surface area (Å²) in [5, 5.41) is 6.15. The largest absolute Gasteiger partial charge is 0.369 e. The van der Waals surface area contributed by atoms with Gasteiger partial charge in [-0.2, -0.15) is 0 Å². The third-order valence-corrected chi connectivity index (χ3v) is 4.35. The molecule has 2 atom stereocenters. The van der Waals surface area contributed by atoms with Crippen molar-refractivity contribution >= 4 is 29.1 Å². The number of nitrogens with zero attached hydrogens (tertiary/aromatic N) is 2. The lowest BCUT2D eigenvalue weighted by molar-refractivity contribution is -0.121. The second-order valence-corrected chi connectivity index (χ2v) is 6.36. The highest BCUT2D eigenvalue weighted by atomic mass is 16.1. The fourth-order valence-electron chi connectivity index (χ4n) is 2.29. The highest BCUT2D eigenvalue weighted by molar-refractivity contribution is 5.96.